The van der Waals surface area contributed by atoms with Gasteiger partial charge in [0.05, 0.1) is 31.5 Å². The van der Waals surface area contributed by atoms with Crippen molar-refractivity contribution in [2.24, 2.45) is 0 Å². The van der Waals surface area contributed by atoms with Crippen LogP contribution < -0.4 is 10.6 Å². The van der Waals surface area contributed by atoms with Crippen LogP contribution in [-0.2, 0) is 28.9 Å². The van der Waals surface area contributed by atoms with E-state index in [0.29, 0.717) is 42.8 Å². The van der Waals surface area contributed by atoms with Crippen LogP contribution in [0.15, 0.2) is 22.8 Å². The van der Waals surface area contributed by atoms with Gasteiger partial charge in [0.2, 0.25) is 5.91 Å². The number of furan rings is 1. The maximum atomic E-state index is 12.9. The van der Waals surface area contributed by atoms with Crippen LogP contribution in [0.25, 0.3) is 0 Å². The van der Waals surface area contributed by atoms with E-state index in [4.69, 9.17) is 9.15 Å². The summed E-state index contributed by atoms with van der Waals surface area (Å²) < 4.78 is 10.5. The predicted molar refractivity (Wildman–Crippen MR) is 116 cm³/mol. The number of rotatable bonds is 10. The van der Waals surface area contributed by atoms with E-state index in [1.54, 1.807) is 24.7 Å². The summed E-state index contributed by atoms with van der Waals surface area (Å²) >= 11 is 1.55. The van der Waals surface area contributed by atoms with Crippen molar-refractivity contribution < 1.29 is 18.7 Å². The number of ether oxygens (including phenoxy) is 1. The molecule has 1 fully saturated rings. The Morgan fingerprint density at radius 2 is 2.13 bits per heavy atom. The van der Waals surface area contributed by atoms with Crippen molar-refractivity contribution >= 4 is 28.2 Å². The van der Waals surface area contributed by atoms with Crippen molar-refractivity contribution in [2.75, 3.05) is 32.1 Å². The van der Waals surface area contributed by atoms with Crippen molar-refractivity contribution in [3.8, 4) is 0 Å². The molecule has 0 radical (unpaired) electrons. The van der Waals surface area contributed by atoms with E-state index in [1.807, 2.05) is 12.1 Å². The zero-order valence-corrected chi connectivity index (χ0v) is 18.2. The number of amides is 2. The molecule has 2 heterocycles. The lowest BCUT2D eigenvalue weighted by molar-refractivity contribution is -0.117. The van der Waals surface area contributed by atoms with Crippen LogP contribution in [0.4, 0.5) is 5.00 Å². The molecule has 2 aliphatic rings. The number of nitrogens with one attached hydrogen (secondary N) is 2. The Kier molecular flexibility index (Phi) is 6.86. The van der Waals surface area contributed by atoms with Crippen LogP contribution in [0.1, 0.15) is 52.2 Å². The molecule has 0 aliphatic heterocycles. The molecule has 30 heavy (non-hydrogen) atoms. The minimum absolute atomic E-state index is 0.0852. The number of anilines is 1. The Bertz CT molecular complexity index is 873. The van der Waals surface area contributed by atoms with Crippen molar-refractivity contribution in [1.29, 1.82) is 0 Å². The van der Waals surface area contributed by atoms with Gasteiger partial charge in [0, 0.05) is 24.6 Å². The lowest BCUT2D eigenvalue weighted by Crippen LogP contribution is -2.35. The highest BCUT2D eigenvalue weighted by atomic mass is 32.1. The van der Waals surface area contributed by atoms with E-state index in [9.17, 15) is 9.59 Å². The number of nitrogens with zero attached hydrogens (tertiary/aromatic N) is 1. The summed E-state index contributed by atoms with van der Waals surface area (Å²) in [6.45, 7) is 1.82. The van der Waals surface area contributed by atoms with Crippen molar-refractivity contribution in [2.45, 2.75) is 51.1 Å². The van der Waals surface area contributed by atoms with Gasteiger partial charge in [-0.05, 0) is 56.2 Å². The van der Waals surface area contributed by atoms with Crippen LogP contribution >= 0.6 is 11.3 Å². The highest BCUT2D eigenvalue weighted by Gasteiger charge is 2.32. The number of methoxy groups -OCH3 is 1. The average Bonchev–Trinajstić information content (AvgIpc) is 3.33. The third-order valence-electron chi connectivity index (χ3n) is 5.59. The van der Waals surface area contributed by atoms with Gasteiger partial charge in [-0.15, -0.1) is 11.3 Å². The molecular weight excluding hydrogens is 402 g/mol. The summed E-state index contributed by atoms with van der Waals surface area (Å²) in [7, 11) is 1.61. The van der Waals surface area contributed by atoms with Crippen molar-refractivity contribution in [3.05, 3.63) is 40.2 Å². The van der Waals surface area contributed by atoms with Crippen molar-refractivity contribution in [3.63, 3.8) is 0 Å². The summed E-state index contributed by atoms with van der Waals surface area (Å²) in [5.41, 5.74) is 1.74. The van der Waals surface area contributed by atoms with Crippen LogP contribution in [0.5, 0.6) is 0 Å². The molecule has 0 unspecified atom stereocenters. The Hall–Kier alpha value is -2.16. The fraction of sp³-hybridized carbons (Fsp3) is 0.545. The number of carbonyl (C=O) groups excluding carboxylic acids is 2. The first kappa shape index (κ1) is 21.1. The lowest BCUT2D eigenvalue weighted by atomic mass is 9.95. The molecule has 162 valence electrons. The summed E-state index contributed by atoms with van der Waals surface area (Å²) in [4.78, 5) is 29.2. The first-order valence-corrected chi connectivity index (χ1v) is 11.5. The summed E-state index contributed by atoms with van der Waals surface area (Å²) in [6, 6.07) is 4.22. The topological polar surface area (TPSA) is 83.8 Å². The van der Waals surface area contributed by atoms with Crippen molar-refractivity contribution in [1.82, 2.24) is 10.2 Å². The molecule has 1 saturated carbocycles. The number of carbonyl (C=O) groups is 2. The average molecular weight is 432 g/mol. The van der Waals surface area contributed by atoms with E-state index in [0.717, 1.165) is 49.8 Å². The van der Waals surface area contributed by atoms with Gasteiger partial charge in [-0.2, -0.15) is 0 Å². The second-order valence-corrected chi connectivity index (χ2v) is 9.03. The van der Waals surface area contributed by atoms with Crippen LogP contribution in [0.3, 0.4) is 0 Å². The molecule has 8 heteroatoms. The molecule has 0 spiro atoms. The van der Waals surface area contributed by atoms with Gasteiger partial charge in [-0.3, -0.25) is 14.5 Å². The SMILES string of the molecule is COCCNC(=O)c1c(NC(=O)CN(Cc2ccco2)C2CC2)sc2c1CCCC2. The van der Waals surface area contributed by atoms with Crippen LogP contribution in [-0.4, -0.2) is 49.6 Å². The lowest BCUT2D eigenvalue weighted by Gasteiger charge is -2.20. The molecule has 0 saturated heterocycles. The monoisotopic (exact) mass is 431 g/mol. The Balaban J connectivity index is 1.46. The minimum Gasteiger partial charge on any atom is -0.468 e. The fourth-order valence-corrected chi connectivity index (χ4v) is 5.26. The van der Waals surface area contributed by atoms with Gasteiger partial charge in [0.25, 0.3) is 5.91 Å². The smallest absolute Gasteiger partial charge is 0.254 e. The van der Waals surface area contributed by atoms with E-state index < -0.39 is 0 Å². The second kappa shape index (κ2) is 9.76. The number of hydrogen-bond donors (Lipinski definition) is 2. The third-order valence-corrected chi connectivity index (χ3v) is 6.80. The number of hydrogen-bond acceptors (Lipinski definition) is 6. The maximum absolute atomic E-state index is 12.9. The van der Waals surface area contributed by atoms with E-state index in [2.05, 4.69) is 15.5 Å². The molecule has 0 atom stereocenters. The predicted octanol–water partition coefficient (Wildman–Crippen LogP) is 3.20. The first-order chi connectivity index (χ1) is 14.7. The second-order valence-electron chi connectivity index (χ2n) is 7.93. The molecule has 4 rings (SSSR count). The molecule has 0 bridgehead atoms. The van der Waals surface area contributed by atoms with Gasteiger partial charge in [-0.25, -0.2) is 0 Å². The molecule has 7 nitrogen and oxygen atoms in total. The molecular formula is C22H29N3O4S. The van der Waals surface area contributed by atoms with Gasteiger partial charge < -0.3 is 19.8 Å². The first-order valence-electron chi connectivity index (χ1n) is 10.6. The maximum Gasteiger partial charge on any atom is 0.254 e. The zero-order valence-electron chi connectivity index (χ0n) is 17.4. The third kappa shape index (κ3) is 5.11. The fourth-order valence-electron chi connectivity index (χ4n) is 3.96. The van der Waals surface area contributed by atoms with E-state index in [-0.39, 0.29) is 11.8 Å². The van der Waals surface area contributed by atoms with Gasteiger partial charge >= 0.3 is 0 Å². The number of aryl methyl sites for hydroxylation is 1. The van der Waals surface area contributed by atoms with Crippen LogP contribution in [0.2, 0.25) is 0 Å². The quantitative estimate of drug-likeness (QED) is 0.565. The normalized spacial score (nSPS) is 15.8. The number of fused-ring (bicyclic) bond motifs is 1. The Labute approximate surface area is 180 Å². The van der Waals surface area contributed by atoms with Gasteiger partial charge in [0.15, 0.2) is 0 Å². The van der Waals surface area contributed by atoms with Crippen LogP contribution in [0, 0.1) is 0 Å². The van der Waals surface area contributed by atoms with E-state index in [1.165, 1.54) is 4.88 Å². The molecule has 2 aromatic rings. The zero-order chi connectivity index (χ0) is 20.9. The largest absolute Gasteiger partial charge is 0.468 e. The molecule has 0 aromatic carbocycles. The Morgan fingerprint density at radius 3 is 2.87 bits per heavy atom. The Morgan fingerprint density at radius 1 is 1.30 bits per heavy atom. The highest BCUT2D eigenvalue weighted by molar-refractivity contribution is 7.17. The summed E-state index contributed by atoms with van der Waals surface area (Å²) in [5, 5.41) is 6.64. The molecule has 2 N–H and O–H groups in total. The van der Waals surface area contributed by atoms with Gasteiger partial charge in [-0.1, -0.05) is 0 Å². The molecule has 2 amide bonds. The number of thiophene rings is 1. The van der Waals surface area contributed by atoms with Gasteiger partial charge in [0.1, 0.15) is 10.8 Å². The highest BCUT2D eigenvalue weighted by Crippen LogP contribution is 2.38. The standard InChI is InChI=1S/C22H29N3O4S/c1-28-12-10-23-21(27)20-17-6-2-3-7-18(17)30-22(20)24-19(26)14-25(15-8-9-15)13-16-5-4-11-29-16/h4-5,11,15H,2-3,6-10,12-14H2,1H3,(H,23,27)(H,24,26). The molecule has 2 aliphatic carbocycles. The van der Waals surface area contributed by atoms with E-state index >= 15 is 0 Å². The molecule has 2 aromatic heterocycles. The summed E-state index contributed by atoms with van der Waals surface area (Å²) in [5.74, 6) is 0.647. The summed E-state index contributed by atoms with van der Waals surface area (Å²) in [6.07, 6.45) is 7.94. The minimum atomic E-state index is -0.128.